The van der Waals surface area contributed by atoms with E-state index in [1.54, 1.807) is 24.1 Å². The lowest BCUT2D eigenvalue weighted by molar-refractivity contribution is 0.0742. The molecule has 1 unspecified atom stereocenters. The van der Waals surface area contributed by atoms with Gasteiger partial charge in [-0.05, 0) is 55.7 Å². The van der Waals surface area contributed by atoms with Gasteiger partial charge < -0.3 is 4.90 Å². The number of carbonyl (C=O) groups excluding carboxylic acids is 1. The maximum absolute atomic E-state index is 13.1. The van der Waals surface area contributed by atoms with Crippen molar-refractivity contribution in [2.45, 2.75) is 33.2 Å². The van der Waals surface area contributed by atoms with Crippen molar-refractivity contribution < 1.29 is 9.18 Å². The summed E-state index contributed by atoms with van der Waals surface area (Å²) in [5.74, 6) is 0.352. The van der Waals surface area contributed by atoms with Crippen molar-refractivity contribution in [3.05, 3.63) is 83.1 Å². The van der Waals surface area contributed by atoms with Crippen LogP contribution in [0.25, 0.3) is 11.3 Å². The molecule has 1 atom stereocenters. The molecule has 0 fully saturated rings. The van der Waals surface area contributed by atoms with Crippen molar-refractivity contribution in [1.29, 1.82) is 0 Å². The van der Waals surface area contributed by atoms with E-state index in [4.69, 9.17) is 0 Å². The Balaban J connectivity index is 1.82. The highest BCUT2D eigenvalue weighted by molar-refractivity contribution is 5.94. The number of halogens is 1. The van der Waals surface area contributed by atoms with E-state index in [-0.39, 0.29) is 17.8 Å². The summed E-state index contributed by atoms with van der Waals surface area (Å²) in [5, 5.41) is 0. The van der Waals surface area contributed by atoms with Crippen molar-refractivity contribution in [3.8, 4) is 11.3 Å². The van der Waals surface area contributed by atoms with Crippen LogP contribution in [0.1, 0.15) is 47.2 Å². The van der Waals surface area contributed by atoms with Crippen molar-refractivity contribution >= 4 is 5.91 Å². The molecule has 28 heavy (non-hydrogen) atoms. The van der Waals surface area contributed by atoms with Crippen LogP contribution in [0.15, 0.2) is 54.7 Å². The molecule has 0 radical (unpaired) electrons. The summed E-state index contributed by atoms with van der Waals surface area (Å²) < 4.78 is 13.1. The molecule has 4 nitrogen and oxygen atoms in total. The highest BCUT2D eigenvalue weighted by Crippen LogP contribution is 2.24. The lowest BCUT2D eigenvalue weighted by Gasteiger charge is -2.25. The summed E-state index contributed by atoms with van der Waals surface area (Å²) in [6.45, 7) is 5.87. The summed E-state index contributed by atoms with van der Waals surface area (Å²) in [5.41, 5.74) is 4.43. The highest BCUT2D eigenvalue weighted by atomic mass is 19.1. The Kier molecular flexibility index (Phi) is 5.83. The number of benzene rings is 2. The maximum Gasteiger partial charge on any atom is 0.254 e. The van der Waals surface area contributed by atoms with Gasteiger partial charge in [-0.2, -0.15) is 0 Å². The van der Waals surface area contributed by atoms with Crippen LogP contribution in [0.3, 0.4) is 0 Å². The molecule has 0 bridgehead atoms. The zero-order chi connectivity index (χ0) is 20.3. The van der Waals surface area contributed by atoms with E-state index in [1.807, 2.05) is 44.3 Å². The fraction of sp³-hybridized carbons (Fsp3) is 0.261. The Bertz CT molecular complexity index is 968. The molecular formula is C23H24FN3O. The second-order valence-corrected chi connectivity index (χ2v) is 6.87. The minimum atomic E-state index is -0.285. The number of rotatable bonds is 5. The van der Waals surface area contributed by atoms with Crippen LogP contribution in [-0.4, -0.2) is 27.8 Å². The van der Waals surface area contributed by atoms with E-state index < -0.39 is 0 Å². The largest absolute Gasteiger partial charge is 0.335 e. The van der Waals surface area contributed by atoms with Crippen molar-refractivity contribution in [2.75, 3.05) is 7.05 Å². The molecule has 144 valence electrons. The van der Waals surface area contributed by atoms with Gasteiger partial charge >= 0.3 is 0 Å². The number of hydrogen-bond acceptors (Lipinski definition) is 3. The number of hydrogen-bond donors (Lipinski definition) is 0. The van der Waals surface area contributed by atoms with Gasteiger partial charge in [0, 0.05) is 24.4 Å². The molecule has 0 aliphatic rings. The predicted molar refractivity (Wildman–Crippen MR) is 108 cm³/mol. The van der Waals surface area contributed by atoms with Crippen LogP contribution in [0.2, 0.25) is 0 Å². The van der Waals surface area contributed by atoms with E-state index in [9.17, 15) is 9.18 Å². The Labute approximate surface area is 165 Å². The summed E-state index contributed by atoms with van der Waals surface area (Å²) in [4.78, 5) is 23.4. The number of amides is 1. The molecule has 0 N–H and O–H groups in total. The number of carbonyl (C=O) groups is 1. The van der Waals surface area contributed by atoms with Crippen molar-refractivity contribution in [3.63, 3.8) is 0 Å². The molecule has 0 spiro atoms. The zero-order valence-corrected chi connectivity index (χ0v) is 16.6. The lowest BCUT2D eigenvalue weighted by atomic mass is 10.0. The van der Waals surface area contributed by atoms with Crippen molar-refractivity contribution in [2.24, 2.45) is 0 Å². The third kappa shape index (κ3) is 4.09. The van der Waals surface area contributed by atoms with Crippen LogP contribution in [0.4, 0.5) is 4.39 Å². The smallest absolute Gasteiger partial charge is 0.254 e. The van der Waals surface area contributed by atoms with Gasteiger partial charge in [0.2, 0.25) is 0 Å². The van der Waals surface area contributed by atoms with Gasteiger partial charge in [0.1, 0.15) is 11.6 Å². The molecule has 0 saturated heterocycles. The Morgan fingerprint density at radius 2 is 1.75 bits per heavy atom. The molecule has 0 aliphatic carbocycles. The van der Waals surface area contributed by atoms with E-state index in [0.717, 1.165) is 34.6 Å². The van der Waals surface area contributed by atoms with Crippen LogP contribution in [0.5, 0.6) is 0 Å². The summed E-state index contributed by atoms with van der Waals surface area (Å²) in [7, 11) is 1.76. The van der Waals surface area contributed by atoms with E-state index in [0.29, 0.717) is 5.56 Å². The van der Waals surface area contributed by atoms with Crippen molar-refractivity contribution in [1.82, 2.24) is 14.9 Å². The average Bonchev–Trinajstić information content (AvgIpc) is 2.73. The Hall–Kier alpha value is -3.08. The van der Waals surface area contributed by atoms with E-state index in [1.165, 1.54) is 12.1 Å². The molecule has 1 amide bonds. The molecule has 0 saturated carbocycles. The normalized spacial score (nSPS) is 11.9. The number of aromatic nitrogens is 2. The summed E-state index contributed by atoms with van der Waals surface area (Å²) >= 11 is 0. The van der Waals surface area contributed by atoms with Gasteiger partial charge in [-0.25, -0.2) is 14.4 Å². The van der Waals surface area contributed by atoms with E-state index in [2.05, 4.69) is 16.9 Å². The van der Waals surface area contributed by atoms with Gasteiger partial charge in [0.25, 0.3) is 5.91 Å². The Morgan fingerprint density at radius 3 is 2.36 bits per heavy atom. The van der Waals surface area contributed by atoms with Crippen LogP contribution in [0, 0.1) is 12.7 Å². The van der Waals surface area contributed by atoms with Gasteiger partial charge in [-0.15, -0.1) is 0 Å². The maximum atomic E-state index is 13.1. The number of aryl methyl sites for hydroxylation is 2. The van der Waals surface area contributed by atoms with Gasteiger partial charge in [-0.3, -0.25) is 4.79 Å². The minimum absolute atomic E-state index is 0.0852. The predicted octanol–water partition coefficient (Wildman–Crippen LogP) is 4.99. The first kappa shape index (κ1) is 19.7. The second kappa shape index (κ2) is 8.30. The Morgan fingerprint density at radius 1 is 1.11 bits per heavy atom. The summed E-state index contributed by atoms with van der Waals surface area (Å²) in [6.07, 6.45) is 2.70. The highest BCUT2D eigenvalue weighted by Gasteiger charge is 2.19. The molecule has 5 heteroatoms. The van der Waals surface area contributed by atoms with Gasteiger partial charge in [0.15, 0.2) is 0 Å². The molecule has 1 aromatic heterocycles. The topological polar surface area (TPSA) is 46.1 Å². The molecule has 2 aromatic carbocycles. The van der Waals surface area contributed by atoms with Crippen LogP contribution >= 0.6 is 0 Å². The van der Waals surface area contributed by atoms with Crippen LogP contribution < -0.4 is 0 Å². The number of nitrogens with zero attached hydrogens (tertiary/aromatic N) is 3. The quantitative estimate of drug-likeness (QED) is 0.629. The monoisotopic (exact) mass is 377 g/mol. The SMILES string of the molecule is CCc1cnc(C)nc1-c1ccc(C(=O)N(C)C(C)c2ccc(F)cc2)cc1. The third-order valence-electron chi connectivity index (χ3n) is 5.02. The lowest BCUT2D eigenvalue weighted by Crippen LogP contribution is -2.29. The summed E-state index contributed by atoms with van der Waals surface area (Å²) in [6, 6.07) is 13.6. The second-order valence-electron chi connectivity index (χ2n) is 6.87. The molecule has 0 aliphatic heterocycles. The first-order valence-corrected chi connectivity index (χ1v) is 9.36. The molecule has 3 aromatic rings. The molecule has 1 heterocycles. The molecular weight excluding hydrogens is 353 g/mol. The first-order chi connectivity index (χ1) is 13.4. The van der Waals surface area contributed by atoms with E-state index >= 15 is 0 Å². The fourth-order valence-corrected chi connectivity index (χ4v) is 3.12. The fourth-order valence-electron chi connectivity index (χ4n) is 3.12. The molecule has 3 rings (SSSR count). The van der Waals surface area contributed by atoms with Crippen LogP contribution in [-0.2, 0) is 6.42 Å². The minimum Gasteiger partial charge on any atom is -0.335 e. The first-order valence-electron chi connectivity index (χ1n) is 9.36. The van der Waals surface area contributed by atoms with Gasteiger partial charge in [-0.1, -0.05) is 31.2 Å². The average molecular weight is 377 g/mol. The standard InChI is InChI=1S/C23H24FN3O/c1-5-17-14-25-16(3)26-22(17)19-6-8-20(9-7-19)23(28)27(4)15(2)18-10-12-21(24)13-11-18/h6-15H,5H2,1-4H3. The third-order valence-corrected chi connectivity index (χ3v) is 5.02. The van der Waals surface area contributed by atoms with Gasteiger partial charge in [0.05, 0.1) is 11.7 Å². The zero-order valence-electron chi connectivity index (χ0n) is 16.6.